The van der Waals surface area contributed by atoms with Gasteiger partial charge in [-0.1, -0.05) is 26.8 Å². The molecule has 0 saturated heterocycles. The Morgan fingerprint density at radius 1 is 1.10 bits per heavy atom. The number of guanidine groups is 1. The summed E-state index contributed by atoms with van der Waals surface area (Å²) in [4.78, 5) is 9.01. The maximum atomic E-state index is 5.70. The van der Waals surface area contributed by atoms with Crippen LogP contribution in [-0.2, 0) is 18.4 Å². The number of hydrogen-bond donors (Lipinski definition) is 2. The molecule has 0 atom stereocenters. The minimum Gasteiger partial charge on any atom is -0.490 e. The lowest BCUT2D eigenvalue weighted by Crippen LogP contribution is -2.38. The van der Waals surface area contributed by atoms with E-state index in [1.165, 1.54) is 5.56 Å². The molecule has 168 valence electrons. The number of aliphatic imine (C=N–C) groups is 1. The minimum absolute atomic E-state index is 0. The van der Waals surface area contributed by atoms with Crippen LogP contribution >= 0.6 is 35.3 Å². The summed E-state index contributed by atoms with van der Waals surface area (Å²) in [6.07, 6.45) is 0.859. The molecule has 0 spiro atoms. The Balaban J connectivity index is 0.00000450. The zero-order chi connectivity index (χ0) is 21.3. The van der Waals surface area contributed by atoms with Crippen molar-refractivity contribution < 1.29 is 9.47 Å². The van der Waals surface area contributed by atoms with Gasteiger partial charge in [0, 0.05) is 24.4 Å². The number of hydrogen-bond acceptors (Lipinski definition) is 5. The summed E-state index contributed by atoms with van der Waals surface area (Å²) in [5.41, 5.74) is 2.31. The minimum atomic E-state index is 0. The van der Waals surface area contributed by atoms with Crippen LogP contribution in [0.5, 0.6) is 11.5 Å². The van der Waals surface area contributed by atoms with Crippen molar-refractivity contribution >= 4 is 41.3 Å². The Hall–Kier alpha value is -1.55. The maximum Gasteiger partial charge on any atom is 0.191 e. The molecular formula is C22H35IN4O2S. The molecule has 0 fully saturated rings. The third-order valence-electron chi connectivity index (χ3n) is 4.17. The monoisotopic (exact) mass is 546 g/mol. The largest absolute Gasteiger partial charge is 0.490 e. The molecule has 8 heteroatoms. The third kappa shape index (κ3) is 8.29. The topological polar surface area (TPSA) is 67.8 Å². The van der Waals surface area contributed by atoms with Crippen LogP contribution in [0.4, 0.5) is 0 Å². The first-order valence-corrected chi connectivity index (χ1v) is 11.0. The molecule has 0 saturated carbocycles. The molecule has 0 bridgehead atoms. The normalized spacial score (nSPS) is 11.6. The van der Waals surface area contributed by atoms with Crippen LogP contribution in [0.3, 0.4) is 0 Å². The van der Waals surface area contributed by atoms with Crippen molar-refractivity contribution in [3.63, 3.8) is 0 Å². The highest BCUT2D eigenvalue weighted by atomic mass is 127. The summed E-state index contributed by atoms with van der Waals surface area (Å²) >= 11 is 1.71. The van der Waals surface area contributed by atoms with Crippen molar-refractivity contribution in [3.8, 4) is 11.5 Å². The van der Waals surface area contributed by atoms with Gasteiger partial charge in [-0.2, -0.15) is 0 Å². The van der Waals surface area contributed by atoms with Crippen LogP contribution in [0.1, 0.15) is 50.9 Å². The predicted octanol–water partition coefficient (Wildman–Crippen LogP) is 4.76. The molecule has 1 aromatic carbocycles. The van der Waals surface area contributed by atoms with E-state index in [9.17, 15) is 0 Å². The number of halogens is 1. The first-order valence-electron chi connectivity index (χ1n) is 10.1. The van der Waals surface area contributed by atoms with E-state index in [1.807, 2.05) is 19.9 Å². The van der Waals surface area contributed by atoms with Crippen LogP contribution in [-0.4, -0.2) is 37.7 Å². The van der Waals surface area contributed by atoms with Gasteiger partial charge in [0.25, 0.3) is 0 Å². The van der Waals surface area contributed by atoms with E-state index >= 15 is 0 Å². The first kappa shape index (κ1) is 26.5. The SMILES string of the molecule is CCOc1ccc(CCNC(=NC)NCc2csc(C(C)(C)C)n2)cc1OCC.I. The number of rotatable bonds is 9. The van der Waals surface area contributed by atoms with Gasteiger partial charge in [0.15, 0.2) is 17.5 Å². The van der Waals surface area contributed by atoms with Gasteiger partial charge in [-0.25, -0.2) is 4.98 Å². The number of ether oxygens (including phenoxy) is 2. The third-order valence-corrected chi connectivity index (χ3v) is 5.48. The zero-order valence-electron chi connectivity index (χ0n) is 18.9. The van der Waals surface area contributed by atoms with E-state index in [4.69, 9.17) is 14.5 Å². The molecule has 2 rings (SSSR count). The van der Waals surface area contributed by atoms with Gasteiger partial charge in [0.2, 0.25) is 0 Å². The molecule has 0 aliphatic heterocycles. The van der Waals surface area contributed by atoms with Crippen molar-refractivity contribution in [2.45, 2.75) is 53.0 Å². The van der Waals surface area contributed by atoms with Gasteiger partial charge in [-0.3, -0.25) is 4.99 Å². The number of aromatic nitrogens is 1. The van der Waals surface area contributed by atoms with E-state index < -0.39 is 0 Å². The molecule has 2 N–H and O–H groups in total. The lowest BCUT2D eigenvalue weighted by atomic mass is 9.98. The second-order valence-electron chi connectivity index (χ2n) is 7.64. The highest BCUT2D eigenvalue weighted by Gasteiger charge is 2.17. The molecule has 30 heavy (non-hydrogen) atoms. The summed E-state index contributed by atoms with van der Waals surface area (Å²) in [7, 11) is 1.78. The van der Waals surface area contributed by atoms with Gasteiger partial charge in [-0.15, -0.1) is 35.3 Å². The summed E-state index contributed by atoms with van der Waals surface area (Å²) in [6.45, 7) is 13.2. The summed E-state index contributed by atoms with van der Waals surface area (Å²) in [5.74, 6) is 2.36. The average molecular weight is 547 g/mol. The molecule has 0 amide bonds. The van der Waals surface area contributed by atoms with Gasteiger partial charge in [0.05, 0.1) is 30.5 Å². The Morgan fingerprint density at radius 2 is 1.80 bits per heavy atom. The molecule has 0 unspecified atom stereocenters. The molecule has 0 aliphatic carbocycles. The fourth-order valence-corrected chi connectivity index (χ4v) is 3.61. The van der Waals surface area contributed by atoms with Crippen LogP contribution in [0.25, 0.3) is 0 Å². The zero-order valence-corrected chi connectivity index (χ0v) is 22.0. The van der Waals surface area contributed by atoms with Crippen LogP contribution in [0.2, 0.25) is 0 Å². The Morgan fingerprint density at radius 3 is 2.40 bits per heavy atom. The van der Waals surface area contributed by atoms with Crippen molar-refractivity contribution in [2.24, 2.45) is 4.99 Å². The van der Waals surface area contributed by atoms with E-state index in [-0.39, 0.29) is 29.4 Å². The first-order chi connectivity index (χ1) is 13.9. The van der Waals surface area contributed by atoms with Crippen LogP contribution < -0.4 is 20.1 Å². The fraction of sp³-hybridized carbons (Fsp3) is 0.545. The number of nitrogens with one attached hydrogen (secondary N) is 2. The summed E-state index contributed by atoms with van der Waals surface area (Å²) in [5, 5.41) is 9.95. The lowest BCUT2D eigenvalue weighted by molar-refractivity contribution is 0.287. The van der Waals surface area contributed by atoms with Crippen LogP contribution in [0, 0.1) is 0 Å². The Kier molecular flexibility index (Phi) is 11.5. The highest BCUT2D eigenvalue weighted by molar-refractivity contribution is 14.0. The molecule has 1 aromatic heterocycles. The summed E-state index contributed by atoms with van der Waals surface area (Å²) < 4.78 is 11.3. The van der Waals surface area contributed by atoms with Gasteiger partial charge < -0.3 is 20.1 Å². The average Bonchev–Trinajstić information content (AvgIpc) is 3.16. The van der Waals surface area contributed by atoms with Crippen molar-refractivity contribution in [1.29, 1.82) is 0 Å². The van der Waals surface area contributed by atoms with E-state index in [1.54, 1.807) is 18.4 Å². The molecule has 0 aliphatic rings. The van der Waals surface area contributed by atoms with Gasteiger partial charge in [-0.05, 0) is 38.0 Å². The summed E-state index contributed by atoms with van der Waals surface area (Å²) in [6, 6.07) is 6.11. The van der Waals surface area contributed by atoms with Crippen molar-refractivity contribution in [3.05, 3.63) is 39.8 Å². The number of nitrogens with zero attached hydrogens (tertiary/aromatic N) is 2. The smallest absolute Gasteiger partial charge is 0.191 e. The van der Waals surface area contributed by atoms with E-state index in [2.05, 4.69) is 53.9 Å². The number of thiazole rings is 1. The quantitative estimate of drug-likeness (QED) is 0.270. The second-order valence-corrected chi connectivity index (χ2v) is 8.50. The second kappa shape index (κ2) is 13.0. The van der Waals surface area contributed by atoms with Crippen molar-refractivity contribution in [1.82, 2.24) is 15.6 Å². The standard InChI is InChI=1S/C22H34N4O2S.HI/c1-7-27-18-10-9-16(13-19(18)28-8-2)11-12-24-21(23-6)25-14-17-15-29-20(26-17)22(3,4)5;/h9-10,13,15H,7-8,11-12,14H2,1-6H3,(H2,23,24,25);1H. The molecule has 2 aromatic rings. The fourth-order valence-electron chi connectivity index (χ4n) is 2.70. The van der Waals surface area contributed by atoms with Crippen molar-refractivity contribution in [2.75, 3.05) is 26.8 Å². The lowest BCUT2D eigenvalue weighted by Gasteiger charge is -2.14. The van der Waals surface area contributed by atoms with Gasteiger partial charge in [0.1, 0.15) is 0 Å². The van der Waals surface area contributed by atoms with Crippen LogP contribution in [0.15, 0.2) is 28.6 Å². The Bertz CT molecular complexity index is 803. The Labute approximate surface area is 201 Å². The predicted molar refractivity (Wildman–Crippen MR) is 137 cm³/mol. The van der Waals surface area contributed by atoms with E-state index in [0.717, 1.165) is 41.1 Å². The van der Waals surface area contributed by atoms with E-state index in [0.29, 0.717) is 19.8 Å². The number of benzene rings is 1. The van der Waals surface area contributed by atoms with Gasteiger partial charge >= 0.3 is 0 Å². The maximum absolute atomic E-state index is 5.70. The molecule has 1 heterocycles. The molecule has 0 radical (unpaired) electrons. The highest BCUT2D eigenvalue weighted by Crippen LogP contribution is 2.28. The molecule has 6 nitrogen and oxygen atoms in total. The molecular weight excluding hydrogens is 511 g/mol.